The number of ether oxygens (including phenoxy) is 1. The third-order valence-corrected chi connectivity index (χ3v) is 2.66. The van der Waals surface area contributed by atoms with Gasteiger partial charge in [-0.2, -0.15) is 0 Å². The van der Waals surface area contributed by atoms with E-state index in [1.807, 2.05) is 24.3 Å². The minimum Gasteiger partial charge on any atom is -0.491 e. The van der Waals surface area contributed by atoms with Crippen molar-refractivity contribution in [3.63, 3.8) is 0 Å². The highest BCUT2D eigenvalue weighted by Crippen LogP contribution is 2.30. The Labute approximate surface area is 96.5 Å². The molecule has 0 radical (unpaired) electrons. The van der Waals surface area contributed by atoms with Gasteiger partial charge in [-0.15, -0.1) is 0 Å². The molecule has 3 nitrogen and oxygen atoms in total. The molecule has 0 bridgehead atoms. The lowest BCUT2D eigenvalue weighted by Gasteiger charge is -2.21. The lowest BCUT2D eigenvalue weighted by Crippen LogP contribution is -2.23. The molecule has 0 atom stereocenters. The van der Waals surface area contributed by atoms with Crippen LogP contribution < -0.4 is 15.4 Å². The Kier molecular flexibility index (Phi) is 3.83. The maximum absolute atomic E-state index is 5.69. The number of hydrogen-bond acceptors (Lipinski definition) is 3. The summed E-state index contributed by atoms with van der Waals surface area (Å²) < 4.78 is 5.69. The highest BCUT2D eigenvalue weighted by atomic mass is 16.5. The summed E-state index contributed by atoms with van der Waals surface area (Å²) in [7, 11) is 0. The standard InChI is InChI=1S/C13H18N2O/c14-8-3-4-9-15-10-5-11-16-13-7-2-1-6-12(13)15/h1-4,6-7H,5,8-11,14H2/b4-3+. The van der Waals surface area contributed by atoms with E-state index in [9.17, 15) is 0 Å². The zero-order chi connectivity index (χ0) is 11.2. The van der Waals surface area contributed by atoms with Crippen molar-refractivity contribution in [2.75, 3.05) is 31.1 Å². The van der Waals surface area contributed by atoms with Crippen LogP contribution in [0, 0.1) is 0 Å². The minimum absolute atomic E-state index is 0.603. The van der Waals surface area contributed by atoms with Crippen molar-refractivity contribution >= 4 is 5.69 Å². The molecular formula is C13H18N2O. The fourth-order valence-corrected chi connectivity index (χ4v) is 1.89. The second-order valence-corrected chi connectivity index (χ2v) is 3.82. The van der Waals surface area contributed by atoms with Crippen molar-refractivity contribution in [3.8, 4) is 5.75 Å². The summed E-state index contributed by atoms with van der Waals surface area (Å²) >= 11 is 0. The van der Waals surface area contributed by atoms with Gasteiger partial charge in [-0.05, 0) is 18.6 Å². The van der Waals surface area contributed by atoms with Gasteiger partial charge in [0.05, 0.1) is 12.3 Å². The van der Waals surface area contributed by atoms with Gasteiger partial charge in [-0.1, -0.05) is 24.3 Å². The molecule has 0 amide bonds. The topological polar surface area (TPSA) is 38.5 Å². The Morgan fingerprint density at radius 3 is 3.06 bits per heavy atom. The van der Waals surface area contributed by atoms with Gasteiger partial charge in [0.2, 0.25) is 0 Å². The summed E-state index contributed by atoms with van der Waals surface area (Å²) in [5, 5.41) is 0. The largest absolute Gasteiger partial charge is 0.491 e. The van der Waals surface area contributed by atoms with Gasteiger partial charge in [0.15, 0.2) is 0 Å². The first kappa shape index (κ1) is 11.0. The summed E-state index contributed by atoms with van der Waals surface area (Å²) in [5.74, 6) is 0.987. The zero-order valence-electron chi connectivity index (χ0n) is 9.43. The van der Waals surface area contributed by atoms with Gasteiger partial charge >= 0.3 is 0 Å². The van der Waals surface area contributed by atoms with Crippen LogP contribution in [0.4, 0.5) is 5.69 Å². The van der Waals surface area contributed by atoms with Crippen LogP contribution in [0.5, 0.6) is 5.75 Å². The molecule has 1 aliphatic heterocycles. The molecule has 1 aliphatic rings. The van der Waals surface area contributed by atoms with Crippen molar-refractivity contribution in [2.45, 2.75) is 6.42 Å². The summed E-state index contributed by atoms with van der Waals surface area (Å²) in [6.45, 7) is 3.34. The van der Waals surface area contributed by atoms with Crippen molar-refractivity contribution in [3.05, 3.63) is 36.4 Å². The molecule has 3 heteroatoms. The summed E-state index contributed by atoms with van der Waals surface area (Å²) in [6.07, 6.45) is 5.17. The number of nitrogens with two attached hydrogens (primary N) is 1. The van der Waals surface area contributed by atoms with Crippen LogP contribution in [0.1, 0.15) is 6.42 Å². The average molecular weight is 218 g/mol. The Balaban J connectivity index is 2.15. The normalized spacial score (nSPS) is 15.7. The predicted molar refractivity (Wildman–Crippen MR) is 67.0 cm³/mol. The van der Waals surface area contributed by atoms with Crippen LogP contribution in [0.15, 0.2) is 36.4 Å². The highest BCUT2D eigenvalue weighted by Gasteiger charge is 2.13. The average Bonchev–Trinajstić information content (AvgIpc) is 2.52. The quantitative estimate of drug-likeness (QED) is 0.786. The van der Waals surface area contributed by atoms with E-state index in [0.29, 0.717) is 6.54 Å². The molecule has 0 saturated carbocycles. The predicted octanol–water partition coefficient (Wildman–Crippen LogP) is 1.79. The van der Waals surface area contributed by atoms with Crippen LogP contribution >= 0.6 is 0 Å². The maximum atomic E-state index is 5.69. The molecule has 16 heavy (non-hydrogen) atoms. The Morgan fingerprint density at radius 1 is 1.31 bits per heavy atom. The fraction of sp³-hybridized carbons (Fsp3) is 0.385. The third kappa shape index (κ3) is 2.55. The van der Waals surface area contributed by atoms with E-state index in [2.05, 4.69) is 17.0 Å². The van der Waals surface area contributed by atoms with Crippen molar-refractivity contribution in [1.82, 2.24) is 0 Å². The SMILES string of the molecule is NC/C=C/CN1CCCOc2ccccc21. The Bertz CT molecular complexity index is 363. The highest BCUT2D eigenvalue weighted by molar-refractivity contribution is 5.59. The second kappa shape index (κ2) is 5.56. The van der Waals surface area contributed by atoms with Crippen LogP contribution in [-0.4, -0.2) is 26.2 Å². The van der Waals surface area contributed by atoms with Crippen molar-refractivity contribution in [2.24, 2.45) is 5.73 Å². The second-order valence-electron chi connectivity index (χ2n) is 3.82. The summed E-state index contributed by atoms with van der Waals surface area (Å²) in [4.78, 5) is 2.33. The fourth-order valence-electron chi connectivity index (χ4n) is 1.89. The molecule has 0 unspecified atom stereocenters. The number of para-hydroxylation sites is 2. The van der Waals surface area contributed by atoms with E-state index in [0.717, 1.165) is 31.9 Å². The summed E-state index contributed by atoms with van der Waals surface area (Å²) in [5.41, 5.74) is 6.62. The minimum atomic E-state index is 0.603. The van der Waals surface area contributed by atoms with Gasteiger partial charge < -0.3 is 15.4 Å². The zero-order valence-corrected chi connectivity index (χ0v) is 9.43. The molecule has 0 spiro atoms. The number of anilines is 1. The van der Waals surface area contributed by atoms with Crippen LogP contribution in [-0.2, 0) is 0 Å². The molecule has 0 aromatic heterocycles. The van der Waals surface area contributed by atoms with Crippen LogP contribution in [0.2, 0.25) is 0 Å². The molecule has 0 aliphatic carbocycles. The Hall–Kier alpha value is -1.48. The van der Waals surface area contributed by atoms with Gasteiger partial charge in [0, 0.05) is 19.6 Å². The lowest BCUT2D eigenvalue weighted by atomic mass is 10.2. The molecule has 1 aromatic rings. The van der Waals surface area contributed by atoms with Gasteiger partial charge in [0.25, 0.3) is 0 Å². The molecule has 0 fully saturated rings. The molecule has 2 N–H and O–H groups in total. The summed E-state index contributed by atoms with van der Waals surface area (Å²) in [6, 6.07) is 8.20. The van der Waals surface area contributed by atoms with E-state index < -0.39 is 0 Å². The third-order valence-electron chi connectivity index (χ3n) is 2.66. The van der Waals surface area contributed by atoms with Crippen molar-refractivity contribution < 1.29 is 4.74 Å². The van der Waals surface area contributed by atoms with E-state index in [1.54, 1.807) is 0 Å². The molecule has 1 heterocycles. The van der Waals surface area contributed by atoms with E-state index >= 15 is 0 Å². The monoisotopic (exact) mass is 218 g/mol. The van der Waals surface area contributed by atoms with Crippen LogP contribution in [0.3, 0.4) is 0 Å². The molecule has 1 aromatic carbocycles. The first-order chi connectivity index (χ1) is 7.92. The smallest absolute Gasteiger partial charge is 0.142 e. The Morgan fingerprint density at radius 2 is 2.19 bits per heavy atom. The van der Waals surface area contributed by atoms with Gasteiger partial charge in [0.1, 0.15) is 5.75 Å². The maximum Gasteiger partial charge on any atom is 0.142 e. The molecular weight excluding hydrogens is 200 g/mol. The molecule has 2 rings (SSSR count). The van der Waals surface area contributed by atoms with Crippen LogP contribution in [0.25, 0.3) is 0 Å². The first-order valence-corrected chi connectivity index (χ1v) is 5.73. The van der Waals surface area contributed by atoms with Gasteiger partial charge in [-0.3, -0.25) is 0 Å². The number of benzene rings is 1. The van der Waals surface area contributed by atoms with Crippen molar-refractivity contribution in [1.29, 1.82) is 0 Å². The van der Waals surface area contributed by atoms with Gasteiger partial charge in [-0.25, -0.2) is 0 Å². The van der Waals surface area contributed by atoms with E-state index in [-0.39, 0.29) is 0 Å². The number of nitrogens with zero attached hydrogens (tertiary/aromatic N) is 1. The number of fused-ring (bicyclic) bond motifs is 1. The molecule has 86 valence electrons. The molecule has 0 saturated heterocycles. The number of rotatable bonds is 3. The van der Waals surface area contributed by atoms with E-state index in [1.165, 1.54) is 5.69 Å². The van der Waals surface area contributed by atoms with E-state index in [4.69, 9.17) is 10.5 Å². The number of hydrogen-bond donors (Lipinski definition) is 1. The lowest BCUT2D eigenvalue weighted by molar-refractivity contribution is 0.322. The first-order valence-electron chi connectivity index (χ1n) is 5.73.